The number of hydrogen-bond acceptors (Lipinski definition) is 3. The molecule has 0 fully saturated rings. The molecule has 0 bridgehead atoms. The summed E-state index contributed by atoms with van der Waals surface area (Å²) in [5.41, 5.74) is 1.08. The Labute approximate surface area is 117 Å². The summed E-state index contributed by atoms with van der Waals surface area (Å²) in [7, 11) is 1.93. The molecular formula is C14H16ClNOS. The van der Waals surface area contributed by atoms with E-state index in [9.17, 15) is 0 Å². The van der Waals surface area contributed by atoms with Crippen LogP contribution in [0.3, 0.4) is 0 Å². The zero-order valence-electron chi connectivity index (χ0n) is 10.4. The topological polar surface area (TPSA) is 21.3 Å². The van der Waals surface area contributed by atoms with Gasteiger partial charge >= 0.3 is 0 Å². The van der Waals surface area contributed by atoms with Crippen LogP contribution >= 0.6 is 22.9 Å². The Hall–Kier alpha value is -1.03. The van der Waals surface area contributed by atoms with E-state index in [4.69, 9.17) is 16.3 Å². The van der Waals surface area contributed by atoms with Gasteiger partial charge in [0, 0.05) is 21.5 Å². The molecule has 1 N–H and O–H groups in total. The highest BCUT2D eigenvalue weighted by Gasteiger charge is 2.11. The molecule has 4 heteroatoms. The van der Waals surface area contributed by atoms with Crippen LogP contribution in [0.1, 0.15) is 23.4 Å². The number of halogens is 1. The molecule has 1 atom stereocenters. The van der Waals surface area contributed by atoms with Gasteiger partial charge in [-0.05, 0) is 43.6 Å². The Morgan fingerprint density at radius 2 is 2.22 bits per heavy atom. The Kier molecular flexibility index (Phi) is 4.64. The van der Waals surface area contributed by atoms with Gasteiger partial charge < -0.3 is 10.1 Å². The Morgan fingerprint density at radius 1 is 1.39 bits per heavy atom. The molecule has 1 aromatic heterocycles. The van der Waals surface area contributed by atoms with Gasteiger partial charge in [0.05, 0.1) is 0 Å². The zero-order valence-corrected chi connectivity index (χ0v) is 12.0. The Morgan fingerprint density at radius 3 is 2.89 bits per heavy atom. The van der Waals surface area contributed by atoms with Crippen molar-refractivity contribution in [3.05, 3.63) is 51.2 Å². The predicted molar refractivity (Wildman–Crippen MR) is 77.6 cm³/mol. The smallest absolute Gasteiger partial charge is 0.124 e. The van der Waals surface area contributed by atoms with Gasteiger partial charge in [-0.2, -0.15) is 0 Å². The van der Waals surface area contributed by atoms with Gasteiger partial charge in [-0.3, -0.25) is 0 Å². The highest BCUT2D eigenvalue weighted by Crippen LogP contribution is 2.29. The molecule has 1 heterocycles. The van der Waals surface area contributed by atoms with Gasteiger partial charge in [0.2, 0.25) is 0 Å². The maximum atomic E-state index is 6.04. The van der Waals surface area contributed by atoms with Crippen molar-refractivity contribution >= 4 is 22.9 Å². The van der Waals surface area contributed by atoms with E-state index in [0.29, 0.717) is 6.61 Å². The van der Waals surface area contributed by atoms with Crippen molar-refractivity contribution in [3.63, 3.8) is 0 Å². The van der Waals surface area contributed by atoms with E-state index in [1.54, 1.807) is 11.3 Å². The third-order valence-electron chi connectivity index (χ3n) is 2.82. The lowest BCUT2D eigenvalue weighted by Gasteiger charge is -2.16. The number of rotatable bonds is 5. The van der Waals surface area contributed by atoms with Crippen LogP contribution in [-0.4, -0.2) is 7.05 Å². The van der Waals surface area contributed by atoms with Crippen LogP contribution in [0, 0.1) is 0 Å². The minimum absolute atomic E-state index is 0.210. The standard InChI is InChI=1S/C14H16ClNOS/c1-10(16-2)13-8-11(15)5-6-14(13)17-9-12-4-3-7-18-12/h3-8,10,16H,9H2,1-2H3. The average molecular weight is 282 g/mol. The Balaban J connectivity index is 2.16. The largest absolute Gasteiger partial charge is 0.488 e. The molecule has 2 aromatic rings. The molecule has 1 aromatic carbocycles. The summed E-state index contributed by atoms with van der Waals surface area (Å²) >= 11 is 7.73. The van der Waals surface area contributed by atoms with Crippen molar-refractivity contribution in [3.8, 4) is 5.75 Å². The van der Waals surface area contributed by atoms with E-state index in [-0.39, 0.29) is 6.04 Å². The maximum Gasteiger partial charge on any atom is 0.124 e. The fourth-order valence-electron chi connectivity index (χ4n) is 1.69. The average Bonchev–Trinajstić information content (AvgIpc) is 2.89. The van der Waals surface area contributed by atoms with Gasteiger partial charge in [-0.15, -0.1) is 11.3 Å². The van der Waals surface area contributed by atoms with Crippen molar-refractivity contribution in [2.24, 2.45) is 0 Å². The second-order valence-corrected chi connectivity index (χ2v) is 5.53. The summed E-state index contributed by atoms with van der Waals surface area (Å²) in [6.45, 7) is 2.69. The van der Waals surface area contributed by atoms with Crippen molar-refractivity contribution < 1.29 is 4.74 Å². The molecule has 0 aliphatic carbocycles. The fraction of sp³-hybridized carbons (Fsp3) is 0.286. The second-order valence-electron chi connectivity index (χ2n) is 4.06. The molecule has 0 saturated heterocycles. The van der Waals surface area contributed by atoms with Gasteiger partial charge in [0.25, 0.3) is 0 Å². The highest BCUT2D eigenvalue weighted by molar-refractivity contribution is 7.09. The lowest BCUT2D eigenvalue weighted by Crippen LogP contribution is -2.13. The number of thiophene rings is 1. The predicted octanol–water partition coefficient (Wildman–Crippen LogP) is 4.26. The normalized spacial score (nSPS) is 12.4. The molecule has 2 rings (SSSR count). The first-order valence-electron chi connectivity index (χ1n) is 5.82. The van der Waals surface area contributed by atoms with E-state index < -0.39 is 0 Å². The van der Waals surface area contributed by atoms with Crippen molar-refractivity contribution in [2.45, 2.75) is 19.6 Å². The summed E-state index contributed by atoms with van der Waals surface area (Å²) in [4.78, 5) is 1.22. The molecule has 2 nitrogen and oxygen atoms in total. The highest BCUT2D eigenvalue weighted by atomic mass is 35.5. The van der Waals surface area contributed by atoms with Crippen molar-refractivity contribution in [1.82, 2.24) is 5.32 Å². The van der Waals surface area contributed by atoms with E-state index in [2.05, 4.69) is 23.7 Å². The lowest BCUT2D eigenvalue weighted by atomic mass is 10.1. The van der Waals surface area contributed by atoms with Crippen LogP contribution in [0.25, 0.3) is 0 Å². The minimum atomic E-state index is 0.210. The SMILES string of the molecule is CNC(C)c1cc(Cl)ccc1OCc1cccs1. The summed E-state index contributed by atoms with van der Waals surface area (Å²) in [6, 6.07) is 10.1. The van der Waals surface area contributed by atoms with E-state index in [0.717, 1.165) is 16.3 Å². The quantitative estimate of drug-likeness (QED) is 0.884. The summed E-state index contributed by atoms with van der Waals surface area (Å²) in [5.74, 6) is 0.884. The van der Waals surface area contributed by atoms with Gasteiger partial charge in [-0.1, -0.05) is 17.7 Å². The van der Waals surface area contributed by atoms with Crippen LogP contribution in [0.15, 0.2) is 35.7 Å². The number of nitrogens with one attached hydrogen (secondary N) is 1. The molecular weight excluding hydrogens is 266 g/mol. The molecule has 1 unspecified atom stereocenters. The van der Waals surface area contributed by atoms with Crippen LogP contribution in [0.2, 0.25) is 5.02 Å². The molecule has 0 spiro atoms. The first-order chi connectivity index (χ1) is 8.70. The van der Waals surface area contributed by atoms with E-state index in [1.807, 2.05) is 31.3 Å². The third-order valence-corrected chi connectivity index (χ3v) is 3.91. The van der Waals surface area contributed by atoms with Gasteiger partial charge in [0.15, 0.2) is 0 Å². The summed E-state index contributed by atoms with van der Waals surface area (Å²) in [6.07, 6.45) is 0. The second kappa shape index (κ2) is 6.23. The number of hydrogen-bond donors (Lipinski definition) is 1. The molecule has 18 heavy (non-hydrogen) atoms. The monoisotopic (exact) mass is 281 g/mol. The van der Waals surface area contributed by atoms with Gasteiger partial charge in [-0.25, -0.2) is 0 Å². The third kappa shape index (κ3) is 3.25. The number of ether oxygens (including phenoxy) is 1. The van der Waals surface area contributed by atoms with E-state index >= 15 is 0 Å². The molecule has 0 aliphatic rings. The van der Waals surface area contributed by atoms with E-state index in [1.165, 1.54) is 4.88 Å². The van der Waals surface area contributed by atoms with Crippen LogP contribution in [0.4, 0.5) is 0 Å². The zero-order chi connectivity index (χ0) is 13.0. The summed E-state index contributed by atoms with van der Waals surface area (Å²) in [5, 5.41) is 5.99. The fourth-order valence-corrected chi connectivity index (χ4v) is 2.48. The Bertz CT molecular complexity index is 499. The van der Waals surface area contributed by atoms with Crippen LogP contribution < -0.4 is 10.1 Å². The molecule has 0 saturated carbocycles. The van der Waals surface area contributed by atoms with Crippen molar-refractivity contribution in [2.75, 3.05) is 7.05 Å². The molecule has 0 aliphatic heterocycles. The first kappa shape index (κ1) is 13.4. The first-order valence-corrected chi connectivity index (χ1v) is 7.08. The minimum Gasteiger partial charge on any atom is -0.488 e. The molecule has 0 amide bonds. The van der Waals surface area contributed by atoms with Crippen LogP contribution in [0.5, 0.6) is 5.75 Å². The van der Waals surface area contributed by atoms with Gasteiger partial charge in [0.1, 0.15) is 12.4 Å². The number of benzene rings is 1. The van der Waals surface area contributed by atoms with Crippen molar-refractivity contribution in [1.29, 1.82) is 0 Å². The maximum absolute atomic E-state index is 6.04. The molecule has 96 valence electrons. The molecule has 0 radical (unpaired) electrons. The van der Waals surface area contributed by atoms with Crippen LogP contribution in [-0.2, 0) is 6.61 Å². The lowest BCUT2D eigenvalue weighted by molar-refractivity contribution is 0.304. The summed E-state index contributed by atoms with van der Waals surface area (Å²) < 4.78 is 5.87.